The van der Waals surface area contributed by atoms with Crippen LogP contribution in [0.25, 0.3) is 0 Å². The zero-order chi connectivity index (χ0) is 20.2. The second-order valence-corrected chi connectivity index (χ2v) is 9.71. The molecule has 3 heterocycles. The van der Waals surface area contributed by atoms with E-state index in [4.69, 9.17) is 4.98 Å². The molecule has 3 fully saturated rings. The number of fused-ring (bicyclic) bond motifs is 1. The second-order valence-electron chi connectivity index (χ2n) is 8.82. The van der Waals surface area contributed by atoms with Crippen molar-refractivity contribution in [1.82, 2.24) is 20.1 Å². The minimum absolute atomic E-state index is 0.0486. The number of nitrogens with one attached hydrogen (secondary N) is 1. The van der Waals surface area contributed by atoms with Gasteiger partial charge >= 0.3 is 6.03 Å². The maximum Gasteiger partial charge on any atom is 0.317 e. The van der Waals surface area contributed by atoms with Gasteiger partial charge in [0.05, 0.1) is 5.01 Å². The summed E-state index contributed by atoms with van der Waals surface area (Å²) in [5, 5.41) is 5.99. The molecule has 1 saturated carbocycles. The molecule has 1 aliphatic carbocycles. The first kappa shape index (κ1) is 20.6. The Balaban J connectivity index is 1.35. The van der Waals surface area contributed by atoms with Gasteiger partial charge in [-0.05, 0) is 50.9 Å². The summed E-state index contributed by atoms with van der Waals surface area (Å²) in [6.45, 7) is 5.21. The first-order valence-corrected chi connectivity index (χ1v) is 12.3. The van der Waals surface area contributed by atoms with Crippen LogP contribution in [0.15, 0.2) is 5.38 Å². The van der Waals surface area contributed by atoms with Crippen LogP contribution >= 0.6 is 11.3 Å². The lowest BCUT2D eigenvalue weighted by atomic mass is 9.78. The van der Waals surface area contributed by atoms with Crippen LogP contribution < -0.4 is 5.32 Å². The van der Waals surface area contributed by atoms with E-state index in [0.29, 0.717) is 23.6 Å². The van der Waals surface area contributed by atoms with Crippen molar-refractivity contribution >= 4 is 23.3 Å². The number of nitrogens with zero attached hydrogens (tertiary/aromatic N) is 3. The van der Waals surface area contributed by atoms with Gasteiger partial charge in [-0.1, -0.05) is 19.8 Å². The van der Waals surface area contributed by atoms with Crippen LogP contribution in [-0.4, -0.2) is 58.9 Å². The highest BCUT2D eigenvalue weighted by Gasteiger charge is 2.37. The molecular weight excluding hydrogens is 384 g/mol. The van der Waals surface area contributed by atoms with Crippen molar-refractivity contribution in [3.63, 3.8) is 0 Å². The molecule has 6 nitrogen and oxygen atoms in total. The highest BCUT2D eigenvalue weighted by Crippen LogP contribution is 2.36. The number of amides is 3. The van der Waals surface area contributed by atoms with Gasteiger partial charge in [-0.25, -0.2) is 9.78 Å². The quantitative estimate of drug-likeness (QED) is 0.795. The molecule has 2 atom stereocenters. The fourth-order valence-corrected chi connectivity index (χ4v) is 6.24. The average Bonchev–Trinajstić information content (AvgIpc) is 3.27. The largest absolute Gasteiger partial charge is 0.338 e. The molecule has 3 aliphatic rings. The number of likely N-dealkylation sites (tertiary alicyclic amines) is 2. The summed E-state index contributed by atoms with van der Waals surface area (Å²) in [7, 11) is 0. The second kappa shape index (κ2) is 9.45. The number of hydrogen-bond donors (Lipinski definition) is 1. The molecule has 160 valence electrons. The SMILES string of the molecule is CCCNC(=O)N1CCC(c2nc(C(=O)N3CCCC4CCCCC43)cs2)CC1. The van der Waals surface area contributed by atoms with Crippen LogP contribution in [0.3, 0.4) is 0 Å². The molecule has 0 spiro atoms. The topological polar surface area (TPSA) is 65.5 Å². The molecule has 29 heavy (non-hydrogen) atoms. The standard InChI is InChI=1S/C22H34N4O2S/c1-2-11-23-22(28)25-13-9-17(10-14-25)20-24-18(15-29-20)21(27)26-12-5-7-16-6-3-4-8-19(16)26/h15-17,19H,2-14H2,1H3,(H,23,28). The van der Waals surface area contributed by atoms with E-state index in [1.54, 1.807) is 11.3 Å². The van der Waals surface area contributed by atoms with Crippen LogP contribution in [0, 0.1) is 5.92 Å². The Labute approximate surface area is 178 Å². The Morgan fingerprint density at radius 2 is 1.86 bits per heavy atom. The fourth-order valence-electron chi connectivity index (χ4n) is 5.27. The average molecular weight is 419 g/mol. The summed E-state index contributed by atoms with van der Waals surface area (Å²) in [5.74, 6) is 1.20. The zero-order valence-corrected chi connectivity index (χ0v) is 18.4. The van der Waals surface area contributed by atoms with Crippen molar-refractivity contribution in [2.45, 2.75) is 76.7 Å². The summed E-state index contributed by atoms with van der Waals surface area (Å²) in [5.41, 5.74) is 0.638. The molecule has 0 aromatic carbocycles. The Hall–Kier alpha value is -1.63. The molecule has 2 saturated heterocycles. The van der Waals surface area contributed by atoms with E-state index in [1.807, 2.05) is 10.3 Å². The van der Waals surface area contributed by atoms with E-state index < -0.39 is 0 Å². The van der Waals surface area contributed by atoms with E-state index >= 15 is 0 Å². The molecule has 0 radical (unpaired) electrons. The highest BCUT2D eigenvalue weighted by molar-refractivity contribution is 7.09. The fraction of sp³-hybridized carbons (Fsp3) is 0.773. The lowest BCUT2D eigenvalue weighted by Crippen LogP contribution is -2.49. The summed E-state index contributed by atoms with van der Waals surface area (Å²) in [6.07, 6.45) is 10.2. The minimum atomic E-state index is 0.0486. The third-order valence-electron chi connectivity index (χ3n) is 6.90. The molecular formula is C22H34N4O2S. The highest BCUT2D eigenvalue weighted by atomic mass is 32.1. The van der Waals surface area contributed by atoms with Gasteiger partial charge in [0, 0.05) is 43.5 Å². The van der Waals surface area contributed by atoms with E-state index in [9.17, 15) is 9.59 Å². The maximum atomic E-state index is 13.2. The summed E-state index contributed by atoms with van der Waals surface area (Å²) < 4.78 is 0. The van der Waals surface area contributed by atoms with Gasteiger partial charge in [-0.2, -0.15) is 0 Å². The van der Waals surface area contributed by atoms with Gasteiger partial charge in [0.15, 0.2) is 0 Å². The number of urea groups is 1. The third kappa shape index (κ3) is 4.60. The summed E-state index contributed by atoms with van der Waals surface area (Å²) >= 11 is 1.62. The monoisotopic (exact) mass is 418 g/mol. The summed E-state index contributed by atoms with van der Waals surface area (Å²) in [6, 6.07) is 0.479. The molecule has 7 heteroatoms. The van der Waals surface area contributed by atoms with Crippen LogP contribution in [0.4, 0.5) is 4.79 Å². The Morgan fingerprint density at radius 1 is 1.10 bits per heavy atom. The first-order chi connectivity index (χ1) is 14.2. The Morgan fingerprint density at radius 3 is 2.66 bits per heavy atom. The Bertz CT molecular complexity index is 711. The number of rotatable bonds is 4. The number of carbonyl (C=O) groups excluding carboxylic acids is 2. The Kier molecular flexibility index (Phi) is 6.73. The van der Waals surface area contributed by atoms with Crippen LogP contribution in [0.1, 0.15) is 86.1 Å². The third-order valence-corrected chi connectivity index (χ3v) is 7.91. The van der Waals surface area contributed by atoms with Gasteiger partial charge in [-0.15, -0.1) is 11.3 Å². The van der Waals surface area contributed by atoms with Crippen molar-refractivity contribution in [2.24, 2.45) is 5.92 Å². The normalized spacial score (nSPS) is 25.6. The van der Waals surface area contributed by atoms with E-state index in [2.05, 4.69) is 17.1 Å². The van der Waals surface area contributed by atoms with Gasteiger partial charge in [0.25, 0.3) is 5.91 Å². The number of carbonyl (C=O) groups is 2. The van der Waals surface area contributed by atoms with E-state index in [1.165, 1.54) is 25.7 Å². The number of thiazole rings is 1. The van der Waals surface area contributed by atoms with Crippen LogP contribution in [-0.2, 0) is 0 Å². The molecule has 2 aliphatic heterocycles. The lowest BCUT2D eigenvalue weighted by molar-refractivity contribution is 0.0386. The predicted octanol–water partition coefficient (Wildman–Crippen LogP) is 4.24. The van der Waals surface area contributed by atoms with E-state index in [-0.39, 0.29) is 11.9 Å². The van der Waals surface area contributed by atoms with E-state index in [0.717, 1.165) is 63.3 Å². The molecule has 4 rings (SSSR count). The molecule has 1 aromatic rings. The van der Waals surface area contributed by atoms with Gasteiger partial charge < -0.3 is 15.1 Å². The van der Waals surface area contributed by atoms with Crippen molar-refractivity contribution in [3.8, 4) is 0 Å². The first-order valence-electron chi connectivity index (χ1n) is 11.5. The minimum Gasteiger partial charge on any atom is -0.338 e. The zero-order valence-electron chi connectivity index (χ0n) is 17.6. The molecule has 1 aromatic heterocycles. The smallest absolute Gasteiger partial charge is 0.317 e. The molecule has 3 amide bonds. The van der Waals surface area contributed by atoms with Gasteiger partial charge in [0.1, 0.15) is 5.69 Å². The van der Waals surface area contributed by atoms with Crippen molar-refractivity contribution in [1.29, 1.82) is 0 Å². The van der Waals surface area contributed by atoms with Crippen LogP contribution in [0.2, 0.25) is 0 Å². The predicted molar refractivity (Wildman–Crippen MR) is 115 cm³/mol. The van der Waals surface area contributed by atoms with Gasteiger partial charge in [-0.3, -0.25) is 4.79 Å². The molecule has 1 N–H and O–H groups in total. The number of hydrogen-bond acceptors (Lipinski definition) is 4. The van der Waals surface area contributed by atoms with Crippen molar-refractivity contribution in [2.75, 3.05) is 26.2 Å². The maximum absolute atomic E-state index is 13.2. The molecule has 2 unspecified atom stereocenters. The lowest BCUT2D eigenvalue weighted by Gasteiger charge is -2.43. The number of piperidine rings is 2. The van der Waals surface area contributed by atoms with Crippen LogP contribution in [0.5, 0.6) is 0 Å². The van der Waals surface area contributed by atoms with Crippen molar-refractivity contribution in [3.05, 3.63) is 16.1 Å². The van der Waals surface area contributed by atoms with Crippen molar-refractivity contribution < 1.29 is 9.59 Å². The molecule has 0 bridgehead atoms. The number of aromatic nitrogens is 1. The summed E-state index contributed by atoms with van der Waals surface area (Å²) in [4.78, 5) is 34.1. The van der Waals surface area contributed by atoms with Gasteiger partial charge in [0.2, 0.25) is 0 Å².